The second-order valence-electron chi connectivity index (χ2n) is 9.92. The number of aromatic nitrogens is 4. The van der Waals surface area contributed by atoms with Gasteiger partial charge in [0, 0.05) is 35.7 Å². The predicted octanol–water partition coefficient (Wildman–Crippen LogP) is 3.53. The summed E-state index contributed by atoms with van der Waals surface area (Å²) in [5.74, 6) is 2.16. The molecule has 0 N–H and O–H groups in total. The standard InChI is InChI=1S/C25H29N5O4S/c1-29-11-5-6-16(29)15-33-20-14-19(30-12-13-35-24(30)32)26-23(27-20)21-17-7-4-10-25(22(17)34-28-21)9-3-2-8-18(25)31/h12-14,16H,2-11,15H2,1H3/t16-,25+/m0/s1. The second-order valence-corrected chi connectivity index (χ2v) is 10.8. The molecule has 184 valence electrons. The van der Waals surface area contributed by atoms with Gasteiger partial charge in [0.05, 0.1) is 5.41 Å². The third-order valence-corrected chi connectivity index (χ3v) is 8.52. The van der Waals surface area contributed by atoms with E-state index in [4.69, 9.17) is 19.2 Å². The summed E-state index contributed by atoms with van der Waals surface area (Å²) >= 11 is 1.11. The molecule has 2 atom stereocenters. The molecular formula is C25H29N5O4S. The molecule has 2 fully saturated rings. The first-order valence-corrected chi connectivity index (χ1v) is 13.3. The molecule has 1 saturated heterocycles. The quantitative estimate of drug-likeness (QED) is 0.530. The van der Waals surface area contributed by atoms with Crippen molar-refractivity contribution in [3.05, 3.63) is 38.6 Å². The van der Waals surface area contributed by atoms with Crippen LogP contribution >= 0.6 is 11.3 Å². The van der Waals surface area contributed by atoms with Gasteiger partial charge in [0.15, 0.2) is 17.3 Å². The molecule has 3 aromatic rings. The van der Waals surface area contributed by atoms with E-state index in [0.29, 0.717) is 48.0 Å². The van der Waals surface area contributed by atoms with E-state index < -0.39 is 5.41 Å². The predicted molar refractivity (Wildman–Crippen MR) is 130 cm³/mol. The van der Waals surface area contributed by atoms with Crippen LogP contribution in [0.25, 0.3) is 17.3 Å². The zero-order valence-electron chi connectivity index (χ0n) is 19.9. The highest BCUT2D eigenvalue weighted by Gasteiger charge is 2.48. The Kier molecular flexibility index (Phi) is 5.80. The molecule has 35 heavy (non-hydrogen) atoms. The van der Waals surface area contributed by atoms with Crippen LogP contribution in [0.15, 0.2) is 27.0 Å². The zero-order chi connectivity index (χ0) is 24.0. The fraction of sp³-hybridized carbons (Fsp3) is 0.560. The largest absolute Gasteiger partial charge is 0.476 e. The number of likely N-dealkylation sites (tertiary alicyclic amines) is 1. The van der Waals surface area contributed by atoms with Crippen molar-refractivity contribution >= 4 is 17.1 Å². The van der Waals surface area contributed by atoms with Crippen LogP contribution in [0.1, 0.15) is 62.7 Å². The summed E-state index contributed by atoms with van der Waals surface area (Å²) in [5, 5.41) is 6.12. The third-order valence-electron chi connectivity index (χ3n) is 7.86. The molecule has 0 radical (unpaired) electrons. The van der Waals surface area contributed by atoms with Crippen LogP contribution < -0.4 is 9.61 Å². The number of likely N-dealkylation sites (N-methyl/N-ethyl adjacent to an activating group) is 1. The van der Waals surface area contributed by atoms with Crippen LogP contribution in [0, 0.1) is 0 Å². The van der Waals surface area contributed by atoms with Gasteiger partial charge in [-0.25, -0.2) is 4.98 Å². The van der Waals surface area contributed by atoms with E-state index in [2.05, 4.69) is 17.1 Å². The van der Waals surface area contributed by atoms with Gasteiger partial charge in [-0.3, -0.25) is 14.2 Å². The molecule has 0 aromatic carbocycles. The van der Waals surface area contributed by atoms with Gasteiger partial charge in [-0.2, -0.15) is 4.98 Å². The normalized spacial score (nSPS) is 24.7. The maximum atomic E-state index is 13.0. The Balaban J connectivity index is 1.40. The molecule has 1 aliphatic heterocycles. The van der Waals surface area contributed by atoms with Crippen LogP contribution in [0.2, 0.25) is 0 Å². The van der Waals surface area contributed by atoms with Gasteiger partial charge in [-0.1, -0.05) is 22.9 Å². The van der Waals surface area contributed by atoms with Crippen LogP contribution in [0.5, 0.6) is 5.88 Å². The summed E-state index contributed by atoms with van der Waals surface area (Å²) in [7, 11) is 2.10. The maximum absolute atomic E-state index is 13.0. The molecule has 9 nitrogen and oxygen atoms in total. The number of thiazole rings is 1. The minimum absolute atomic E-state index is 0.134. The van der Waals surface area contributed by atoms with E-state index in [-0.39, 0.29) is 10.7 Å². The van der Waals surface area contributed by atoms with E-state index in [1.165, 1.54) is 4.57 Å². The number of carbonyl (C=O) groups excluding carboxylic acids is 1. The molecule has 10 heteroatoms. The highest BCUT2D eigenvalue weighted by atomic mass is 32.1. The van der Waals surface area contributed by atoms with Gasteiger partial charge in [0.25, 0.3) is 0 Å². The minimum atomic E-state index is -0.564. The lowest BCUT2D eigenvalue weighted by atomic mass is 9.64. The Morgan fingerprint density at radius 1 is 1.17 bits per heavy atom. The molecular weight excluding hydrogens is 466 g/mol. The first-order valence-electron chi connectivity index (χ1n) is 12.5. The number of Topliss-reactive ketones (excluding diaryl/α,β-unsaturated/α-hetero) is 1. The van der Waals surface area contributed by atoms with Crippen molar-refractivity contribution in [3.8, 4) is 23.2 Å². The minimum Gasteiger partial charge on any atom is -0.476 e. The van der Waals surface area contributed by atoms with Crippen molar-refractivity contribution in [3.63, 3.8) is 0 Å². The Hall–Kier alpha value is -2.85. The smallest absolute Gasteiger partial charge is 0.312 e. The van der Waals surface area contributed by atoms with Gasteiger partial charge in [0.1, 0.15) is 18.2 Å². The van der Waals surface area contributed by atoms with E-state index in [9.17, 15) is 9.59 Å². The molecule has 3 aliphatic rings. The zero-order valence-corrected chi connectivity index (χ0v) is 20.7. The number of hydrogen-bond donors (Lipinski definition) is 0. The molecule has 1 saturated carbocycles. The van der Waals surface area contributed by atoms with Crippen molar-refractivity contribution < 1.29 is 14.1 Å². The van der Waals surface area contributed by atoms with Crippen LogP contribution in [0.4, 0.5) is 0 Å². The number of nitrogens with zero attached hydrogens (tertiary/aromatic N) is 5. The Morgan fingerprint density at radius 3 is 2.83 bits per heavy atom. The van der Waals surface area contributed by atoms with E-state index >= 15 is 0 Å². The first kappa shape index (κ1) is 22.6. The third kappa shape index (κ3) is 3.92. The van der Waals surface area contributed by atoms with Gasteiger partial charge in [-0.05, 0) is 58.5 Å². The monoisotopic (exact) mass is 495 g/mol. The van der Waals surface area contributed by atoms with E-state index in [1.54, 1.807) is 17.6 Å². The fourth-order valence-electron chi connectivity index (χ4n) is 5.89. The average molecular weight is 496 g/mol. The van der Waals surface area contributed by atoms with Gasteiger partial charge in [0.2, 0.25) is 5.88 Å². The molecule has 0 unspecified atom stereocenters. The number of rotatable bonds is 5. The summed E-state index contributed by atoms with van der Waals surface area (Å²) in [6.45, 7) is 1.57. The lowest BCUT2D eigenvalue weighted by Gasteiger charge is -2.36. The summed E-state index contributed by atoms with van der Waals surface area (Å²) in [6.07, 6.45) is 9.75. The summed E-state index contributed by atoms with van der Waals surface area (Å²) in [6, 6.07) is 2.03. The number of carbonyl (C=O) groups is 1. The molecule has 6 rings (SSSR count). The van der Waals surface area contributed by atoms with Crippen molar-refractivity contribution in [1.29, 1.82) is 0 Å². The molecule has 0 amide bonds. The molecule has 3 aromatic heterocycles. The van der Waals surface area contributed by atoms with E-state index in [1.807, 2.05) is 0 Å². The number of fused-ring (bicyclic) bond motifs is 2. The summed E-state index contributed by atoms with van der Waals surface area (Å²) in [5.41, 5.74) is 0.902. The van der Waals surface area contributed by atoms with E-state index in [0.717, 1.165) is 74.8 Å². The van der Waals surface area contributed by atoms with Gasteiger partial charge >= 0.3 is 4.87 Å². The van der Waals surface area contributed by atoms with Gasteiger partial charge < -0.3 is 14.2 Å². The molecule has 0 bridgehead atoms. The van der Waals surface area contributed by atoms with Crippen LogP contribution in [0.3, 0.4) is 0 Å². The summed E-state index contributed by atoms with van der Waals surface area (Å²) < 4.78 is 13.5. The van der Waals surface area contributed by atoms with Crippen molar-refractivity contribution in [1.82, 2.24) is 24.6 Å². The van der Waals surface area contributed by atoms with Crippen LogP contribution in [-0.4, -0.2) is 56.6 Å². The number of hydrogen-bond acceptors (Lipinski definition) is 9. The summed E-state index contributed by atoms with van der Waals surface area (Å²) in [4.78, 5) is 37.0. The van der Waals surface area contributed by atoms with Gasteiger partial charge in [-0.15, -0.1) is 0 Å². The highest BCUT2D eigenvalue weighted by molar-refractivity contribution is 7.07. The lowest BCUT2D eigenvalue weighted by Crippen LogP contribution is -2.41. The SMILES string of the molecule is CN1CCC[C@H]1COc1cc(-n2ccsc2=O)nc(-c2noc3c2CCC[C@@]32CCCCC2=O)n1. The Labute approximate surface area is 207 Å². The molecule has 2 aliphatic carbocycles. The number of ether oxygens (including phenoxy) is 1. The number of ketones is 1. The Morgan fingerprint density at radius 2 is 2.06 bits per heavy atom. The van der Waals surface area contributed by atoms with Crippen molar-refractivity contribution in [2.75, 3.05) is 20.2 Å². The topological polar surface area (TPSA) is 103 Å². The average Bonchev–Trinajstić information content (AvgIpc) is 3.60. The molecule has 4 heterocycles. The highest BCUT2D eigenvalue weighted by Crippen LogP contribution is 2.47. The Bertz CT molecular complexity index is 1310. The van der Waals surface area contributed by atoms with Crippen molar-refractivity contribution in [2.24, 2.45) is 0 Å². The molecule has 1 spiro atoms. The first-order chi connectivity index (χ1) is 17.0. The maximum Gasteiger partial charge on any atom is 0.312 e. The fourth-order valence-corrected chi connectivity index (χ4v) is 6.46. The lowest BCUT2D eigenvalue weighted by molar-refractivity contribution is -0.128. The van der Waals surface area contributed by atoms with Crippen LogP contribution in [-0.2, 0) is 16.6 Å². The second kappa shape index (κ2) is 8.98. The van der Waals surface area contributed by atoms with Crippen molar-refractivity contribution in [2.45, 2.75) is 69.2 Å².